The molecule has 4 fully saturated rings. The molecule has 3 saturated carbocycles. The van der Waals surface area contributed by atoms with E-state index in [1.807, 2.05) is 20.8 Å². The lowest BCUT2D eigenvalue weighted by Gasteiger charge is -2.39. The quantitative estimate of drug-likeness (QED) is 0.188. The normalized spacial score (nSPS) is 26.0. The minimum atomic E-state index is -1.10. The Balaban J connectivity index is 1.49. The highest BCUT2D eigenvalue weighted by Crippen LogP contribution is 2.65. The van der Waals surface area contributed by atoms with Crippen LogP contribution in [-0.4, -0.2) is 85.0 Å². The minimum Gasteiger partial charge on any atom is -0.438 e. The Morgan fingerprint density at radius 1 is 0.977 bits per heavy atom. The lowest BCUT2D eigenvalue weighted by atomic mass is 9.80. The van der Waals surface area contributed by atoms with E-state index in [0.29, 0.717) is 13.0 Å². The molecule has 3 unspecified atom stereocenters. The van der Waals surface area contributed by atoms with Crippen LogP contribution in [0.25, 0.3) is 0 Å². The zero-order valence-corrected chi connectivity index (χ0v) is 26.8. The van der Waals surface area contributed by atoms with Gasteiger partial charge in [-0.3, -0.25) is 19.2 Å². The van der Waals surface area contributed by atoms with Gasteiger partial charge in [0.1, 0.15) is 18.7 Å². The molecule has 13 heteroatoms. The molecule has 0 aromatic heterocycles. The summed E-state index contributed by atoms with van der Waals surface area (Å²) in [6.07, 6.45) is 5.12. The molecule has 4 rings (SSSR count). The Labute approximate surface area is 259 Å². The highest BCUT2D eigenvalue weighted by molar-refractivity contribution is 6.37. The molecule has 1 saturated heterocycles. The van der Waals surface area contributed by atoms with Gasteiger partial charge < -0.3 is 36.1 Å². The molecule has 5 amide bonds. The molecule has 4 aliphatic rings. The second-order valence-corrected chi connectivity index (χ2v) is 14.7. The van der Waals surface area contributed by atoms with Crippen LogP contribution in [0.4, 0.5) is 9.59 Å². The van der Waals surface area contributed by atoms with Crippen LogP contribution in [0.2, 0.25) is 0 Å². The van der Waals surface area contributed by atoms with Crippen molar-refractivity contribution in [2.45, 2.75) is 104 Å². The first-order valence-corrected chi connectivity index (χ1v) is 15.8. The van der Waals surface area contributed by atoms with E-state index in [9.17, 15) is 28.8 Å². The molecule has 6 atom stereocenters. The average molecular weight is 620 g/mol. The van der Waals surface area contributed by atoms with E-state index >= 15 is 0 Å². The van der Waals surface area contributed by atoms with Crippen LogP contribution in [-0.2, 0) is 28.7 Å². The van der Waals surface area contributed by atoms with E-state index < -0.39 is 65.3 Å². The molecule has 0 radical (unpaired) electrons. The van der Waals surface area contributed by atoms with Crippen LogP contribution in [0.5, 0.6) is 0 Å². The molecule has 1 heterocycles. The number of hydrogen-bond donors (Lipinski definition) is 4. The van der Waals surface area contributed by atoms with Crippen molar-refractivity contribution in [3.63, 3.8) is 0 Å². The van der Waals surface area contributed by atoms with Gasteiger partial charge in [-0.15, -0.1) is 0 Å². The Kier molecular flexibility index (Phi) is 9.84. The van der Waals surface area contributed by atoms with Gasteiger partial charge in [-0.2, -0.15) is 0 Å². The van der Waals surface area contributed by atoms with Crippen molar-refractivity contribution >= 4 is 35.7 Å². The van der Waals surface area contributed by atoms with Crippen LogP contribution >= 0.6 is 0 Å². The Bertz CT molecular complexity index is 1160. The average Bonchev–Trinajstić information content (AvgIpc) is 3.20. The van der Waals surface area contributed by atoms with Crippen molar-refractivity contribution in [2.24, 2.45) is 40.2 Å². The first-order valence-electron chi connectivity index (χ1n) is 15.8. The molecule has 5 N–H and O–H groups in total. The van der Waals surface area contributed by atoms with E-state index in [0.717, 1.165) is 38.5 Å². The molecule has 44 heavy (non-hydrogen) atoms. The molecule has 1 aliphatic heterocycles. The summed E-state index contributed by atoms with van der Waals surface area (Å²) >= 11 is 0. The molecule has 0 aromatic carbocycles. The molecular formula is C31H49N5O8. The summed E-state index contributed by atoms with van der Waals surface area (Å²) in [6, 6.07) is -3.92. The predicted octanol–water partition coefficient (Wildman–Crippen LogP) is 1.86. The molecule has 246 valence electrons. The van der Waals surface area contributed by atoms with Crippen molar-refractivity contribution in [2.75, 3.05) is 20.3 Å². The fourth-order valence-corrected chi connectivity index (χ4v) is 7.05. The zero-order chi connectivity index (χ0) is 32.6. The van der Waals surface area contributed by atoms with Crippen LogP contribution in [0.3, 0.4) is 0 Å². The molecule has 0 aromatic rings. The maximum absolute atomic E-state index is 14.2. The number of ketones is 1. The second-order valence-electron chi connectivity index (χ2n) is 14.7. The van der Waals surface area contributed by atoms with E-state index in [4.69, 9.17) is 10.5 Å². The second kappa shape index (κ2) is 12.9. The molecule has 0 bridgehead atoms. The van der Waals surface area contributed by atoms with Gasteiger partial charge in [0, 0.05) is 6.54 Å². The third kappa shape index (κ3) is 7.12. The van der Waals surface area contributed by atoms with Crippen molar-refractivity contribution < 1.29 is 38.2 Å². The summed E-state index contributed by atoms with van der Waals surface area (Å²) in [5.74, 6) is -2.53. The third-order valence-corrected chi connectivity index (χ3v) is 10.4. The number of nitrogens with zero attached hydrogens (tertiary/aromatic N) is 1. The fourth-order valence-electron chi connectivity index (χ4n) is 7.05. The lowest BCUT2D eigenvalue weighted by molar-refractivity contribution is -0.145. The first kappa shape index (κ1) is 33.5. The summed E-state index contributed by atoms with van der Waals surface area (Å²) in [7, 11) is 1.21. The topological polar surface area (TPSA) is 186 Å². The number of hydrogen-bond acceptors (Lipinski definition) is 8. The zero-order valence-electron chi connectivity index (χ0n) is 26.8. The number of ether oxygens (including phenoxy) is 2. The Morgan fingerprint density at radius 3 is 2.11 bits per heavy atom. The number of amides is 5. The molecule has 13 nitrogen and oxygen atoms in total. The maximum Gasteiger partial charge on any atom is 0.508 e. The van der Waals surface area contributed by atoms with Gasteiger partial charge in [-0.1, -0.05) is 60.3 Å². The SMILES string of the molecule is COC(=O)OC[C@@H](NC(=O)N[C@H](C(=O)N1CC2C([C@H]1C(=O)NC(CC1CCC1)C(=O)C(N)=O)C2(C)C)C(C)(C)C)C1CCC1. The summed E-state index contributed by atoms with van der Waals surface area (Å²) in [5, 5.41) is 8.49. The van der Waals surface area contributed by atoms with Gasteiger partial charge in [0.25, 0.3) is 5.91 Å². The number of Topliss-reactive ketones (excluding diaryl/α,β-unsaturated/α-hetero) is 1. The number of rotatable bonds is 12. The number of primary amides is 1. The van der Waals surface area contributed by atoms with E-state index in [2.05, 4.69) is 34.5 Å². The van der Waals surface area contributed by atoms with Gasteiger partial charge in [0.15, 0.2) is 0 Å². The summed E-state index contributed by atoms with van der Waals surface area (Å²) in [5.41, 5.74) is 4.41. The predicted molar refractivity (Wildman–Crippen MR) is 159 cm³/mol. The van der Waals surface area contributed by atoms with Crippen molar-refractivity contribution in [3.05, 3.63) is 0 Å². The van der Waals surface area contributed by atoms with Crippen molar-refractivity contribution in [1.82, 2.24) is 20.9 Å². The largest absolute Gasteiger partial charge is 0.508 e. The fraction of sp³-hybridized carbons (Fsp3) is 0.806. The number of carbonyl (C=O) groups is 6. The van der Waals surface area contributed by atoms with Gasteiger partial charge in [-0.25, -0.2) is 9.59 Å². The Hall–Kier alpha value is -3.38. The lowest BCUT2D eigenvalue weighted by Crippen LogP contribution is -2.62. The number of carbonyl (C=O) groups excluding carboxylic acids is 6. The van der Waals surface area contributed by atoms with E-state index in [1.54, 1.807) is 0 Å². The van der Waals surface area contributed by atoms with Crippen LogP contribution < -0.4 is 21.7 Å². The summed E-state index contributed by atoms with van der Waals surface area (Å²) < 4.78 is 9.66. The van der Waals surface area contributed by atoms with Gasteiger partial charge in [0.05, 0.1) is 19.2 Å². The van der Waals surface area contributed by atoms with Gasteiger partial charge in [-0.05, 0) is 53.8 Å². The minimum absolute atomic E-state index is 0.0578. The van der Waals surface area contributed by atoms with Gasteiger partial charge >= 0.3 is 12.2 Å². The van der Waals surface area contributed by atoms with Crippen LogP contribution in [0, 0.1) is 34.5 Å². The standard InChI is InChI=1S/C31H49N5O8/c1-30(2,3)24(35-28(41)34-20(17-11-8-12-17)15-44-29(42)43-6)27(40)36-14-18-21(31(18,4)5)22(36)26(39)33-19(23(37)25(32)38)13-16-9-7-10-16/h16-22,24H,7-15H2,1-6H3,(H2,32,38)(H,33,39)(H2,34,35,41)/t18?,19?,20-,21?,22+,24-/m1/s1. The number of likely N-dealkylation sites (tertiary alicyclic amines) is 1. The van der Waals surface area contributed by atoms with Gasteiger partial charge in [0.2, 0.25) is 17.6 Å². The number of nitrogens with one attached hydrogen (secondary N) is 3. The molecule has 0 spiro atoms. The summed E-state index contributed by atoms with van der Waals surface area (Å²) in [6.45, 7) is 9.86. The van der Waals surface area contributed by atoms with E-state index in [1.165, 1.54) is 12.0 Å². The number of urea groups is 1. The number of fused-ring (bicyclic) bond motifs is 1. The monoisotopic (exact) mass is 619 g/mol. The third-order valence-electron chi connectivity index (χ3n) is 10.4. The highest BCUT2D eigenvalue weighted by Gasteiger charge is 2.70. The van der Waals surface area contributed by atoms with Crippen LogP contribution in [0.15, 0.2) is 0 Å². The number of nitrogens with two attached hydrogens (primary N) is 1. The Morgan fingerprint density at radius 2 is 1.61 bits per heavy atom. The van der Waals surface area contributed by atoms with Crippen LogP contribution in [0.1, 0.15) is 79.6 Å². The smallest absolute Gasteiger partial charge is 0.438 e. The summed E-state index contributed by atoms with van der Waals surface area (Å²) in [4.78, 5) is 78.9. The number of piperidine rings is 1. The van der Waals surface area contributed by atoms with Crippen molar-refractivity contribution in [3.8, 4) is 0 Å². The first-order chi connectivity index (χ1) is 20.6. The highest BCUT2D eigenvalue weighted by atomic mass is 16.7. The van der Waals surface area contributed by atoms with Crippen molar-refractivity contribution in [1.29, 1.82) is 0 Å². The molecule has 3 aliphatic carbocycles. The maximum atomic E-state index is 14.2. The molecular weight excluding hydrogens is 570 g/mol. The van der Waals surface area contributed by atoms with E-state index in [-0.39, 0.29) is 35.7 Å². The number of methoxy groups -OCH3 is 1.